The molecule has 2 rings (SSSR count). The Morgan fingerprint density at radius 3 is 3.00 bits per heavy atom. The molecule has 0 spiro atoms. The van der Waals surface area contributed by atoms with Gasteiger partial charge in [-0.05, 0) is 12.1 Å². The van der Waals surface area contributed by atoms with Gasteiger partial charge in [0.25, 0.3) is 0 Å². The van der Waals surface area contributed by atoms with Crippen LogP contribution < -0.4 is 11.1 Å². The molecule has 98 valence electrons. The summed E-state index contributed by atoms with van der Waals surface area (Å²) < 4.78 is 0. The van der Waals surface area contributed by atoms with Crippen LogP contribution in [0.2, 0.25) is 0 Å². The van der Waals surface area contributed by atoms with E-state index in [0.29, 0.717) is 10.7 Å². The molecule has 1 aromatic heterocycles. The van der Waals surface area contributed by atoms with E-state index in [-0.39, 0.29) is 0 Å². The van der Waals surface area contributed by atoms with Crippen molar-refractivity contribution < 1.29 is 0 Å². The summed E-state index contributed by atoms with van der Waals surface area (Å²) in [4.78, 5) is 6.94. The minimum absolute atomic E-state index is 0.340. The van der Waals surface area contributed by atoms with E-state index in [1.165, 1.54) is 24.6 Å². The van der Waals surface area contributed by atoms with Crippen molar-refractivity contribution in [1.82, 2.24) is 9.88 Å². The van der Waals surface area contributed by atoms with Crippen LogP contribution in [0.3, 0.4) is 0 Å². The summed E-state index contributed by atoms with van der Waals surface area (Å²) in [7, 11) is 0. The molecule has 0 unspecified atom stereocenters. The Morgan fingerprint density at radius 2 is 2.28 bits per heavy atom. The first-order valence-corrected chi connectivity index (χ1v) is 7.62. The van der Waals surface area contributed by atoms with Gasteiger partial charge in [0, 0.05) is 49.6 Å². The van der Waals surface area contributed by atoms with Crippen LogP contribution in [0, 0.1) is 0 Å². The molecule has 6 heteroatoms. The number of thiocarbonyl (C=S) groups is 1. The van der Waals surface area contributed by atoms with E-state index in [9.17, 15) is 0 Å². The monoisotopic (exact) mass is 282 g/mol. The Kier molecular flexibility index (Phi) is 5.22. The zero-order valence-electron chi connectivity index (χ0n) is 10.3. The van der Waals surface area contributed by atoms with E-state index in [1.807, 2.05) is 23.9 Å². The normalized spacial score (nSPS) is 16.4. The Bertz CT molecular complexity index is 405. The molecule has 1 aliphatic rings. The second kappa shape index (κ2) is 6.92. The fourth-order valence-corrected chi connectivity index (χ4v) is 2.95. The van der Waals surface area contributed by atoms with Gasteiger partial charge in [0.2, 0.25) is 0 Å². The molecular formula is C12H18N4S2. The summed E-state index contributed by atoms with van der Waals surface area (Å²) in [5.74, 6) is 2.50. The first-order chi connectivity index (χ1) is 8.75. The lowest BCUT2D eigenvalue weighted by Crippen LogP contribution is -2.36. The molecule has 0 amide bonds. The summed E-state index contributed by atoms with van der Waals surface area (Å²) >= 11 is 6.95. The minimum Gasteiger partial charge on any atom is -0.388 e. The lowest BCUT2D eigenvalue weighted by molar-refractivity contribution is 0.314. The molecule has 1 fully saturated rings. The topological polar surface area (TPSA) is 54.2 Å². The first kappa shape index (κ1) is 13.6. The Morgan fingerprint density at radius 1 is 1.50 bits per heavy atom. The van der Waals surface area contributed by atoms with Gasteiger partial charge in [-0.25, -0.2) is 0 Å². The smallest absolute Gasteiger partial charge is 0.122 e. The highest BCUT2D eigenvalue weighted by Crippen LogP contribution is 2.10. The highest BCUT2D eigenvalue weighted by atomic mass is 32.2. The van der Waals surface area contributed by atoms with Crippen LogP contribution >= 0.6 is 24.0 Å². The van der Waals surface area contributed by atoms with E-state index in [4.69, 9.17) is 18.0 Å². The van der Waals surface area contributed by atoms with Crippen molar-refractivity contribution in [3.63, 3.8) is 0 Å². The minimum atomic E-state index is 0.340. The summed E-state index contributed by atoms with van der Waals surface area (Å²) in [6, 6.07) is 3.84. The maximum Gasteiger partial charge on any atom is 0.122 e. The molecule has 2 heterocycles. The largest absolute Gasteiger partial charge is 0.388 e. The molecule has 0 atom stereocenters. The molecule has 18 heavy (non-hydrogen) atoms. The third kappa shape index (κ3) is 4.12. The van der Waals surface area contributed by atoms with Crippen molar-refractivity contribution in [3.05, 3.63) is 24.0 Å². The van der Waals surface area contributed by atoms with Crippen molar-refractivity contribution in [2.24, 2.45) is 5.73 Å². The molecule has 0 radical (unpaired) electrons. The molecule has 4 nitrogen and oxygen atoms in total. The second-order valence-corrected chi connectivity index (χ2v) is 5.84. The Hall–Kier alpha value is -0.850. The number of pyridine rings is 1. The SMILES string of the molecule is NC(=S)c1cc(NCCN2CCSCC2)ccn1. The maximum atomic E-state index is 5.56. The average molecular weight is 282 g/mol. The highest BCUT2D eigenvalue weighted by molar-refractivity contribution is 7.99. The van der Waals surface area contributed by atoms with E-state index < -0.39 is 0 Å². The highest BCUT2D eigenvalue weighted by Gasteiger charge is 2.09. The number of nitrogens with two attached hydrogens (primary N) is 1. The molecular weight excluding hydrogens is 264 g/mol. The maximum absolute atomic E-state index is 5.56. The van der Waals surface area contributed by atoms with Gasteiger partial charge in [-0.2, -0.15) is 11.8 Å². The van der Waals surface area contributed by atoms with Crippen molar-refractivity contribution in [2.75, 3.05) is 43.0 Å². The van der Waals surface area contributed by atoms with E-state index in [2.05, 4.69) is 15.2 Å². The van der Waals surface area contributed by atoms with E-state index in [0.717, 1.165) is 18.8 Å². The molecule has 0 aromatic carbocycles. The quantitative estimate of drug-likeness (QED) is 0.791. The Balaban J connectivity index is 1.78. The number of hydrogen-bond donors (Lipinski definition) is 2. The third-order valence-corrected chi connectivity index (χ3v) is 4.02. The molecule has 3 N–H and O–H groups in total. The molecule has 0 aliphatic carbocycles. The van der Waals surface area contributed by atoms with Gasteiger partial charge in [0.15, 0.2) is 0 Å². The Labute approximate surface area is 117 Å². The van der Waals surface area contributed by atoms with Crippen LogP contribution in [0.1, 0.15) is 5.69 Å². The molecule has 1 aromatic rings. The van der Waals surface area contributed by atoms with Crippen molar-refractivity contribution in [2.45, 2.75) is 0 Å². The van der Waals surface area contributed by atoms with Crippen LogP contribution in [0.5, 0.6) is 0 Å². The van der Waals surface area contributed by atoms with Crippen LogP contribution in [0.4, 0.5) is 5.69 Å². The predicted octanol–water partition coefficient (Wildman–Crippen LogP) is 1.18. The van der Waals surface area contributed by atoms with Gasteiger partial charge in [-0.15, -0.1) is 0 Å². The van der Waals surface area contributed by atoms with Crippen LogP contribution in [-0.2, 0) is 0 Å². The van der Waals surface area contributed by atoms with Gasteiger partial charge in [0.1, 0.15) is 4.99 Å². The second-order valence-electron chi connectivity index (χ2n) is 4.17. The summed E-state index contributed by atoms with van der Waals surface area (Å²) in [5, 5.41) is 3.38. The van der Waals surface area contributed by atoms with Crippen LogP contribution in [0.25, 0.3) is 0 Å². The molecule has 0 bridgehead atoms. The number of hydrogen-bond acceptors (Lipinski definition) is 5. The fraction of sp³-hybridized carbons (Fsp3) is 0.500. The fourth-order valence-electron chi connectivity index (χ4n) is 1.86. The lowest BCUT2D eigenvalue weighted by atomic mass is 10.3. The van der Waals surface area contributed by atoms with Crippen molar-refractivity contribution in [1.29, 1.82) is 0 Å². The van der Waals surface area contributed by atoms with Crippen molar-refractivity contribution in [3.8, 4) is 0 Å². The number of nitrogens with zero attached hydrogens (tertiary/aromatic N) is 2. The summed E-state index contributed by atoms with van der Waals surface area (Å²) in [6.07, 6.45) is 1.73. The molecule has 0 saturated carbocycles. The number of aromatic nitrogens is 1. The van der Waals surface area contributed by atoms with E-state index >= 15 is 0 Å². The van der Waals surface area contributed by atoms with Gasteiger partial charge >= 0.3 is 0 Å². The first-order valence-electron chi connectivity index (χ1n) is 6.05. The zero-order chi connectivity index (χ0) is 12.8. The van der Waals surface area contributed by atoms with Gasteiger partial charge in [-0.3, -0.25) is 9.88 Å². The van der Waals surface area contributed by atoms with Gasteiger partial charge < -0.3 is 11.1 Å². The lowest BCUT2D eigenvalue weighted by Gasteiger charge is -2.26. The zero-order valence-corrected chi connectivity index (χ0v) is 11.9. The van der Waals surface area contributed by atoms with Crippen LogP contribution in [-0.4, -0.2) is 52.6 Å². The van der Waals surface area contributed by atoms with Gasteiger partial charge in [-0.1, -0.05) is 12.2 Å². The number of anilines is 1. The summed E-state index contributed by atoms with van der Waals surface area (Å²) in [6.45, 7) is 4.40. The number of nitrogens with one attached hydrogen (secondary N) is 1. The molecule has 1 saturated heterocycles. The number of thioether (sulfide) groups is 1. The van der Waals surface area contributed by atoms with Crippen molar-refractivity contribution >= 4 is 34.7 Å². The van der Waals surface area contributed by atoms with Crippen LogP contribution in [0.15, 0.2) is 18.3 Å². The standard InChI is InChI=1S/C12H18N4S2/c13-12(17)11-9-10(1-2-15-11)14-3-4-16-5-7-18-8-6-16/h1-2,9H,3-8H2,(H2,13,17)(H,14,15). The average Bonchev–Trinajstić information content (AvgIpc) is 2.40. The van der Waals surface area contributed by atoms with Gasteiger partial charge in [0.05, 0.1) is 5.69 Å². The predicted molar refractivity (Wildman–Crippen MR) is 82.4 cm³/mol. The third-order valence-electron chi connectivity index (χ3n) is 2.87. The number of rotatable bonds is 5. The van der Waals surface area contributed by atoms with E-state index in [1.54, 1.807) is 6.20 Å². The summed E-state index contributed by atoms with van der Waals surface area (Å²) in [5.41, 5.74) is 7.26. The molecule has 1 aliphatic heterocycles.